The molecule has 4 heteroatoms. The number of nitrogens with one attached hydrogen (secondary N) is 1. The van der Waals surface area contributed by atoms with E-state index in [0.717, 1.165) is 28.8 Å². The fourth-order valence-corrected chi connectivity index (χ4v) is 3.87. The molecule has 0 aromatic heterocycles. The Balaban J connectivity index is 1.86. The van der Waals surface area contributed by atoms with Crippen molar-refractivity contribution in [2.45, 2.75) is 19.4 Å². The second kappa shape index (κ2) is 4.74. The number of hydrogen-bond acceptors (Lipinski definition) is 2. The van der Waals surface area contributed by atoms with Crippen molar-refractivity contribution in [1.82, 2.24) is 10.2 Å². The van der Waals surface area contributed by atoms with Gasteiger partial charge < -0.3 is 10.2 Å². The van der Waals surface area contributed by atoms with Gasteiger partial charge in [0.2, 0.25) is 0 Å². The zero-order chi connectivity index (χ0) is 13.6. The van der Waals surface area contributed by atoms with Gasteiger partial charge in [0.05, 0.1) is 0 Å². The maximum absolute atomic E-state index is 12.7. The van der Waals surface area contributed by atoms with E-state index in [1.165, 1.54) is 0 Å². The van der Waals surface area contributed by atoms with Crippen molar-refractivity contribution in [2.75, 3.05) is 19.6 Å². The summed E-state index contributed by atoms with van der Waals surface area (Å²) in [4.78, 5) is 14.8. The first-order valence-electron chi connectivity index (χ1n) is 6.78. The second-order valence-corrected chi connectivity index (χ2v) is 7.35. The van der Waals surface area contributed by atoms with Crippen LogP contribution >= 0.6 is 22.6 Å². The van der Waals surface area contributed by atoms with E-state index < -0.39 is 0 Å². The highest BCUT2D eigenvalue weighted by Crippen LogP contribution is 2.41. The molecule has 1 amide bonds. The number of rotatable bonds is 1. The fourth-order valence-electron chi connectivity index (χ4n) is 3.51. The highest BCUT2D eigenvalue weighted by Gasteiger charge is 2.51. The summed E-state index contributed by atoms with van der Waals surface area (Å²) in [5.74, 6) is 1.37. The molecule has 2 fully saturated rings. The largest absolute Gasteiger partial charge is 0.333 e. The zero-order valence-electron chi connectivity index (χ0n) is 11.3. The Morgan fingerprint density at radius 1 is 1.32 bits per heavy atom. The van der Waals surface area contributed by atoms with Crippen LogP contribution in [0.1, 0.15) is 24.2 Å². The van der Waals surface area contributed by atoms with Crippen LogP contribution in [0.2, 0.25) is 0 Å². The van der Waals surface area contributed by atoms with Crippen LogP contribution in [0.4, 0.5) is 0 Å². The van der Waals surface area contributed by atoms with Crippen LogP contribution in [0.25, 0.3) is 0 Å². The number of carbonyl (C=O) groups excluding carboxylic acids is 1. The van der Waals surface area contributed by atoms with Gasteiger partial charge in [0, 0.05) is 34.3 Å². The summed E-state index contributed by atoms with van der Waals surface area (Å²) in [6.45, 7) is 7.37. The van der Waals surface area contributed by atoms with Gasteiger partial charge in [-0.2, -0.15) is 0 Å². The number of likely N-dealkylation sites (tertiary alicyclic amines) is 1. The molecule has 3 rings (SSSR count). The van der Waals surface area contributed by atoms with Crippen LogP contribution in [0, 0.1) is 15.4 Å². The van der Waals surface area contributed by atoms with Crippen molar-refractivity contribution in [3.63, 3.8) is 0 Å². The van der Waals surface area contributed by atoms with E-state index >= 15 is 0 Å². The number of halogens is 1. The predicted molar refractivity (Wildman–Crippen MR) is 84.1 cm³/mol. The minimum absolute atomic E-state index is 0.0474. The van der Waals surface area contributed by atoms with Crippen molar-refractivity contribution < 1.29 is 4.79 Å². The van der Waals surface area contributed by atoms with E-state index in [-0.39, 0.29) is 11.4 Å². The number of carbonyl (C=O) groups is 1. The summed E-state index contributed by atoms with van der Waals surface area (Å²) in [5, 5.41) is 3.45. The molecule has 0 aliphatic carbocycles. The van der Waals surface area contributed by atoms with Crippen LogP contribution in [-0.4, -0.2) is 36.0 Å². The molecule has 0 radical (unpaired) electrons. The zero-order valence-corrected chi connectivity index (χ0v) is 13.5. The van der Waals surface area contributed by atoms with Gasteiger partial charge in [-0.25, -0.2) is 0 Å². The maximum Gasteiger partial charge on any atom is 0.254 e. The molecule has 19 heavy (non-hydrogen) atoms. The maximum atomic E-state index is 12.7. The van der Waals surface area contributed by atoms with Crippen molar-refractivity contribution in [3.8, 4) is 0 Å². The van der Waals surface area contributed by atoms with E-state index in [0.29, 0.717) is 11.8 Å². The van der Waals surface area contributed by atoms with Crippen molar-refractivity contribution in [2.24, 2.45) is 11.8 Å². The van der Waals surface area contributed by atoms with Gasteiger partial charge in [-0.15, -0.1) is 0 Å². The molecule has 3 nitrogen and oxygen atoms in total. The Bertz CT molecular complexity index is 497. The van der Waals surface area contributed by atoms with Crippen LogP contribution < -0.4 is 5.32 Å². The number of fused-ring (bicyclic) bond motifs is 1. The smallest absolute Gasteiger partial charge is 0.254 e. The average Bonchev–Trinajstić information content (AvgIpc) is 2.92. The van der Waals surface area contributed by atoms with Crippen molar-refractivity contribution in [3.05, 3.63) is 33.4 Å². The van der Waals surface area contributed by atoms with Gasteiger partial charge in [-0.3, -0.25) is 4.79 Å². The normalized spacial score (nSPS) is 28.5. The summed E-state index contributed by atoms with van der Waals surface area (Å²) in [6, 6.07) is 7.87. The number of nitrogens with zero attached hydrogens (tertiary/aromatic N) is 1. The molecule has 0 spiro atoms. The number of benzene rings is 1. The molecule has 2 atom stereocenters. The molecular weight excluding hydrogens is 351 g/mol. The summed E-state index contributed by atoms with van der Waals surface area (Å²) in [7, 11) is 0. The Hall–Kier alpha value is -0.620. The Kier molecular flexibility index (Phi) is 3.33. The SMILES string of the molecule is CC1(C)C2CNCC2CN1C(=O)c1ccc(I)cc1. The van der Waals surface area contributed by atoms with Gasteiger partial charge in [-0.1, -0.05) is 0 Å². The lowest BCUT2D eigenvalue weighted by Gasteiger charge is -2.35. The molecule has 1 aromatic rings. The molecule has 102 valence electrons. The van der Waals surface area contributed by atoms with Crippen molar-refractivity contribution in [1.29, 1.82) is 0 Å². The third-order valence-corrected chi connectivity index (χ3v) is 5.42. The molecule has 2 unspecified atom stereocenters. The highest BCUT2D eigenvalue weighted by molar-refractivity contribution is 14.1. The Labute approximate surface area is 127 Å². The van der Waals surface area contributed by atoms with Gasteiger partial charge in [-0.05, 0) is 72.5 Å². The van der Waals surface area contributed by atoms with E-state index in [1.54, 1.807) is 0 Å². The molecule has 2 aliphatic rings. The molecular formula is C15H19IN2O. The predicted octanol–water partition coefficient (Wildman–Crippen LogP) is 2.36. The molecule has 0 saturated carbocycles. The fraction of sp³-hybridized carbons (Fsp3) is 0.533. The minimum Gasteiger partial charge on any atom is -0.333 e. The second-order valence-electron chi connectivity index (χ2n) is 6.10. The van der Waals surface area contributed by atoms with Gasteiger partial charge >= 0.3 is 0 Å². The number of amides is 1. The van der Waals surface area contributed by atoms with Gasteiger partial charge in [0.25, 0.3) is 5.91 Å². The lowest BCUT2D eigenvalue weighted by Crippen LogP contribution is -2.47. The van der Waals surface area contributed by atoms with Gasteiger partial charge in [0.1, 0.15) is 0 Å². The van der Waals surface area contributed by atoms with E-state index in [4.69, 9.17) is 0 Å². The first-order chi connectivity index (χ1) is 9.00. The monoisotopic (exact) mass is 370 g/mol. The topological polar surface area (TPSA) is 32.3 Å². The van der Waals surface area contributed by atoms with E-state index in [9.17, 15) is 4.79 Å². The van der Waals surface area contributed by atoms with Crippen LogP contribution in [0.5, 0.6) is 0 Å². The first-order valence-corrected chi connectivity index (χ1v) is 7.86. The molecule has 1 N–H and O–H groups in total. The third kappa shape index (κ3) is 2.18. The van der Waals surface area contributed by atoms with Gasteiger partial charge in [0.15, 0.2) is 0 Å². The van der Waals surface area contributed by atoms with E-state index in [1.807, 2.05) is 24.3 Å². The average molecular weight is 370 g/mol. The summed E-state index contributed by atoms with van der Waals surface area (Å²) < 4.78 is 1.16. The van der Waals surface area contributed by atoms with E-state index in [2.05, 4.69) is 46.7 Å². The summed E-state index contributed by atoms with van der Waals surface area (Å²) in [6.07, 6.45) is 0. The molecule has 2 heterocycles. The van der Waals surface area contributed by atoms with Crippen molar-refractivity contribution >= 4 is 28.5 Å². The molecule has 2 aliphatic heterocycles. The highest BCUT2D eigenvalue weighted by atomic mass is 127. The first kappa shape index (κ1) is 13.4. The molecule has 0 bridgehead atoms. The quantitative estimate of drug-likeness (QED) is 0.770. The summed E-state index contributed by atoms with van der Waals surface area (Å²) >= 11 is 2.26. The number of hydrogen-bond donors (Lipinski definition) is 1. The molecule has 1 aromatic carbocycles. The summed E-state index contributed by atoms with van der Waals surface area (Å²) in [5.41, 5.74) is 0.759. The lowest BCUT2D eigenvalue weighted by atomic mass is 9.84. The standard InChI is InChI=1S/C15H19IN2O/c1-15(2)13-8-17-7-11(13)9-18(15)14(19)10-3-5-12(16)6-4-10/h3-6,11,13,17H,7-9H2,1-2H3. The van der Waals surface area contributed by atoms with Crippen LogP contribution in [0.3, 0.4) is 0 Å². The Morgan fingerprint density at radius 2 is 2.00 bits per heavy atom. The molecule has 2 saturated heterocycles. The lowest BCUT2D eigenvalue weighted by molar-refractivity contribution is 0.0603. The Morgan fingerprint density at radius 3 is 2.63 bits per heavy atom. The minimum atomic E-state index is -0.0474. The third-order valence-electron chi connectivity index (χ3n) is 4.70. The van der Waals surface area contributed by atoms with Crippen LogP contribution in [0.15, 0.2) is 24.3 Å². The van der Waals surface area contributed by atoms with Crippen LogP contribution in [-0.2, 0) is 0 Å².